The van der Waals surface area contributed by atoms with E-state index >= 15 is 0 Å². The monoisotopic (exact) mass is 347 g/mol. The Labute approximate surface area is 132 Å². The van der Waals surface area contributed by atoms with E-state index in [2.05, 4.69) is 9.18 Å². The molecular weight excluding hydrogens is 331 g/mol. The fourth-order valence-corrected chi connectivity index (χ4v) is 2.64. The molecule has 8 heteroatoms. The summed E-state index contributed by atoms with van der Waals surface area (Å²) in [5, 5.41) is 0. The molecule has 0 aromatic heterocycles. The normalized spacial score (nSPS) is 18.4. The van der Waals surface area contributed by atoms with Crippen molar-refractivity contribution >= 4 is 16.3 Å². The lowest BCUT2D eigenvalue weighted by Gasteiger charge is -2.18. The number of dihydropyridines is 1. The maximum atomic E-state index is 12.5. The Balaban J connectivity index is 2.40. The fraction of sp³-hybridized carbons (Fsp3) is 0.400. The highest BCUT2D eigenvalue weighted by Crippen LogP contribution is 2.34. The number of rotatable bonds is 4. The van der Waals surface area contributed by atoms with Crippen LogP contribution < -0.4 is 4.18 Å². The third kappa shape index (κ3) is 3.93. The number of hydrogen-bond acceptors (Lipinski definition) is 4. The van der Waals surface area contributed by atoms with Gasteiger partial charge in [-0.25, -0.2) is 0 Å². The average molecular weight is 347 g/mol. The molecular formula is C15H16F3NO3S. The van der Waals surface area contributed by atoms with Crippen LogP contribution in [-0.4, -0.2) is 26.7 Å². The molecule has 1 atom stereocenters. The molecule has 0 saturated heterocycles. The summed E-state index contributed by atoms with van der Waals surface area (Å²) >= 11 is 0. The predicted octanol–water partition coefficient (Wildman–Crippen LogP) is 3.76. The molecule has 4 nitrogen and oxygen atoms in total. The smallest absolute Gasteiger partial charge is 0.376 e. The Kier molecular flexibility index (Phi) is 4.84. The molecule has 0 saturated carbocycles. The minimum Gasteiger partial charge on any atom is -0.376 e. The molecule has 1 aromatic rings. The minimum absolute atomic E-state index is 0.0884. The van der Waals surface area contributed by atoms with Crippen LogP contribution in [0.15, 0.2) is 35.3 Å². The van der Waals surface area contributed by atoms with Crippen molar-refractivity contribution in [3.05, 3.63) is 41.5 Å². The quantitative estimate of drug-likeness (QED) is 0.473. The number of aliphatic imine (C=N–C) groups is 1. The van der Waals surface area contributed by atoms with E-state index in [1.54, 1.807) is 32.2 Å². The highest BCUT2D eigenvalue weighted by atomic mass is 32.2. The second-order valence-electron chi connectivity index (χ2n) is 5.40. The molecule has 0 spiro atoms. The topological polar surface area (TPSA) is 55.7 Å². The maximum absolute atomic E-state index is 12.5. The van der Waals surface area contributed by atoms with E-state index in [1.165, 1.54) is 6.07 Å². The number of nitrogens with zero attached hydrogens (tertiary/aromatic N) is 1. The van der Waals surface area contributed by atoms with Crippen molar-refractivity contribution in [1.29, 1.82) is 0 Å². The van der Waals surface area contributed by atoms with Gasteiger partial charge in [0.05, 0.1) is 6.54 Å². The Hall–Kier alpha value is -1.83. The molecule has 23 heavy (non-hydrogen) atoms. The standard InChI is InChI=1S/C15H16F3NO3S/c1-10(2)13-8-11(12-4-3-7-19-9-12)5-6-14(13)22-23(20,21)15(16,17)18/h3-6,8-10,12H,7H2,1-2H3. The SMILES string of the molecule is CC(C)c1cc(C2C=CCN=C2)ccc1OS(=O)(=O)C(F)(F)F. The van der Waals surface area contributed by atoms with Gasteiger partial charge in [0.25, 0.3) is 0 Å². The van der Waals surface area contributed by atoms with Gasteiger partial charge in [0.15, 0.2) is 0 Å². The average Bonchev–Trinajstić information content (AvgIpc) is 2.46. The van der Waals surface area contributed by atoms with Gasteiger partial charge in [-0.1, -0.05) is 38.1 Å². The van der Waals surface area contributed by atoms with E-state index in [0.29, 0.717) is 12.1 Å². The van der Waals surface area contributed by atoms with E-state index in [0.717, 1.165) is 5.56 Å². The zero-order valence-corrected chi connectivity index (χ0v) is 13.4. The highest BCUT2D eigenvalue weighted by molar-refractivity contribution is 7.88. The Morgan fingerprint density at radius 3 is 2.52 bits per heavy atom. The molecule has 1 aliphatic rings. The summed E-state index contributed by atoms with van der Waals surface area (Å²) < 4.78 is 64.2. The van der Waals surface area contributed by atoms with Crippen molar-refractivity contribution in [3.8, 4) is 5.75 Å². The lowest BCUT2D eigenvalue weighted by molar-refractivity contribution is -0.0500. The van der Waals surface area contributed by atoms with Gasteiger partial charge < -0.3 is 4.18 Å². The predicted molar refractivity (Wildman–Crippen MR) is 81.4 cm³/mol. The van der Waals surface area contributed by atoms with Crippen LogP contribution in [0.2, 0.25) is 0 Å². The summed E-state index contributed by atoms with van der Waals surface area (Å²) in [4.78, 5) is 4.14. The van der Waals surface area contributed by atoms with Crippen LogP contribution in [-0.2, 0) is 10.1 Å². The van der Waals surface area contributed by atoms with Gasteiger partial charge in [-0.05, 0) is 23.1 Å². The van der Waals surface area contributed by atoms with Gasteiger partial charge in [-0.2, -0.15) is 21.6 Å². The minimum atomic E-state index is -5.68. The first kappa shape index (κ1) is 17.5. The molecule has 126 valence electrons. The first-order chi connectivity index (χ1) is 10.6. The Morgan fingerprint density at radius 1 is 1.30 bits per heavy atom. The molecule has 1 heterocycles. The second-order valence-corrected chi connectivity index (χ2v) is 6.94. The summed E-state index contributed by atoms with van der Waals surface area (Å²) in [5.41, 5.74) is -4.26. The molecule has 1 aromatic carbocycles. The molecule has 0 aliphatic carbocycles. The van der Waals surface area contributed by atoms with Gasteiger partial charge in [0.2, 0.25) is 0 Å². The van der Waals surface area contributed by atoms with Crippen molar-refractivity contribution in [1.82, 2.24) is 0 Å². The van der Waals surface area contributed by atoms with Crippen LogP contribution in [0.3, 0.4) is 0 Å². The first-order valence-corrected chi connectivity index (χ1v) is 8.34. The van der Waals surface area contributed by atoms with E-state index < -0.39 is 15.6 Å². The number of halogens is 3. The first-order valence-electron chi connectivity index (χ1n) is 6.93. The lowest BCUT2D eigenvalue weighted by Crippen LogP contribution is -2.28. The Morgan fingerprint density at radius 2 is 2.00 bits per heavy atom. The van der Waals surface area contributed by atoms with Crippen LogP contribution in [0.4, 0.5) is 13.2 Å². The summed E-state index contributed by atoms with van der Waals surface area (Å²) in [6.45, 7) is 4.09. The molecule has 2 rings (SSSR count). The van der Waals surface area contributed by atoms with Crippen molar-refractivity contribution in [2.24, 2.45) is 4.99 Å². The molecule has 0 amide bonds. The summed E-state index contributed by atoms with van der Waals surface area (Å²) in [5.74, 6) is -0.606. The third-order valence-corrected chi connectivity index (χ3v) is 4.31. The number of hydrogen-bond donors (Lipinski definition) is 0. The van der Waals surface area contributed by atoms with Gasteiger partial charge >= 0.3 is 15.6 Å². The Bertz CT molecular complexity index is 725. The second kappa shape index (κ2) is 6.35. The number of allylic oxidation sites excluding steroid dienone is 1. The van der Waals surface area contributed by atoms with Gasteiger partial charge in [0.1, 0.15) is 5.75 Å². The van der Waals surface area contributed by atoms with Crippen molar-refractivity contribution in [2.45, 2.75) is 31.2 Å². The number of alkyl halides is 3. The highest BCUT2D eigenvalue weighted by Gasteiger charge is 2.48. The molecule has 0 N–H and O–H groups in total. The summed E-state index contributed by atoms with van der Waals surface area (Å²) in [6.07, 6.45) is 5.56. The van der Waals surface area contributed by atoms with Crippen LogP contribution >= 0.6 is 0 Å². The van der Waals surface area contributed by atoms with Crippen molar-refractivity contribution in [3.63, 3.8) is 0 Å². The van der Waals surface area contributed by atoms with Crippen LogP contribution in [0.1, 0.15) is 36.8 Å². The zero-order valence-electron chi connectivity index (χ0n) is 12.5. The lowest BCUT2D eigenvalue weighted by atomic mass is 9.93. The van der Waals surface area contributed by atoms with E-state index in [4.69, 9.17) is 0 Å². The molecule has 0 fully saturated rings. The molecule has 0 radical (unpaired) electrons. The van der Waals surface area contributed by atoms with Crippen LogP contribution in [0.5, 0.6) is 5.75 Å². The van der Waals surface area contributed by atoms with E-state index in [9.17, 15) is 21.6 Å². The molecule has 0 bridgehead atoms. The zero-order chi connectivity index (χ0) is 17.3. The van der Waals surface area contributed by atoms with Crippen molar-refractivity contribution in [2.75, 3.05) is 6.54 Å². The van der Waals surface area contributed by atoms with Crippen molar-refractivity contribution < 1.29 is 25.8 Å². The van der Waals surface area contributed by atoms with Crippen LogP contribution in [0, 0.1) is 0 Å². The third-order valence-electron chi connectivity index (χ3n) is 3.34. The van der Waals surface area contributed by atoms with E-state index in [1.807, 2.05) is 12.2 Å². The van der Waals surface area contributed by atoms with E-state index in [-0.39, 0.29) is 17.6 Å². The van der Waals surface area contributed by atoms with Gasteiger partial charge in [0, 0.05) is 12.1 Å². The van der Waals surface area contributed by atoms with Gasteiger partial charge in [-0.3, -0.25) is 4.99 Å². The molecule has 1 unspecified atom stereocenters. The van der Waals surface area contributed by atoms with Gasteiger partial charge in [-0.15, -0.1) is 0 Å². The summed E-state index contributed by atoms with van der Waals surface area (Å²) in [6, 6.07) is 4.45. The largest absolute Gasteiger partial charge is 0.534 e. The maximum Gasteiger partial charge on any atom is 0.534 e. The fourth-order valence-electron chi connectivity index (χ4n) is 2.16. The van der Waals surface area contributed by atoms with Crippen LogP contribution in [0.25, 0.3) is 0 Å². The number of benzene rings is 1. The molecule has 1 aliphatic heterocycles. The summed E-state index contributed by atoms with van der Waals surface area (Å²) in [7, 11) is -5.68.